The molecular weight excluding hydrogens is 300 g/mol. The third-order valence-corrected chi connectivity index (χ3v) is 4.65. The number of amides is 1. The largest absolute Gasteiger partial charge is 0.348 e. The van der Waals surface area contributed by atoms with E-state index in [0.29, 0.717) is 18.2 Å². The van der Waals surface area contributed by atoms with Crippen LogP contribution in [0.2, 0.25) is 0 Å². The van der Waals surface area contributed by atoms with Gasteiger partial charge in [0.15, 0.2) is 0 Å². The fourth-order valence-electron chi connectivity index (χ4n) is 3.17. The first-order chi connectivity index (χ1) is 11.4. The van der Waals surface area contributed by atoms with E-state index in [1.54, 1.807) is 0 Å². The SMILES string of the molecule is Cc1nn(C)c(C)c1CNC(=O)c1cccc2c1ccn2C(C)C. The van der Waals surface area contributed by atoms with Crippen LogP contribution in [0.25, 0.3) is 10.9 Å². The van der Waals surface area contributed by atoms with Gasteiger partial charge in [0.1, 0.15) is 0 Å². The van der Waals surface area contributed by atoms with Crippen LogP contribution in [-0.2, 0) is 13.6 Å². The molecule has 0 aliphatic carbocycles. The van der Waals surface area contributed by atoms with Gasteiger partial charge in [-0.3, -0.25) is 9.48 Å². The Morgan fingerprint density at radius 3 is 2.62 bits per heavy atom. The molecule has 0 atom stereocenters. The summed E-state index contributed by atoms with van der Waals surface area (Å²) >= 11 is 0. The molecule has 0 saturated carbocycles. The molecule has 0 spiro atoms. The monoisotopic (exact) mass is 324 g/mol. The van der Waals surface area contributed by atoms with Gasteiger partial charge in [0, 0.05) is 53.6 Å². The van der Waals surface area contributed by atoms with Gasteiger partial charge < -0.3 is 9.88 Å². The molecule has 1 amide bonds. The van der Waals surface area contributed by atoms with Gasteiger partial charge in [-0.05, 0) is 45.9 Å². The second kappa shape index (κ2) is 6.15. The maximum Gasteiger partial charge on any atom is 0.252 e. The number of carbonyl (C=O) groups excluding carboxylic acids is 1. The van der Waals surface area contributed by atoms with Crippen molar-refractivity contribution in [1.29, 1.82) is 0 Å². The molecule has 3 rings (SSSR count). The van der Waals surface area contributed by atoms with Gasteiger partial charge in [-0.25, -0.2) is 0 Å². The van der Waals surface area contributed by atoms with E-state index in [1.165, 1.54) is 0 Å². The number of aryl methyl sites for hydroxylation is 2. The average Bonchev–Trinajstić information content (AvgIpc) is 3.07. The topological polar surface area (TPSA) is 51.9 Å². The fourth-order valence-corrected chi connectivity index (χ4v) is 3.17. The summed E-state index contributed by atoms with van der Waals surface area (Å²) in [5.41, 5.74) is 4.92. The molecule has 0 bridgehead atoms. The van der Waals surface area contributed by atoms with Gasteiger partial charge in [0.05, 0.1) is 5.69 Å². The van der Waals surface area contributed by atoms with Crippen LogP contribution in [0.1, 0.15) is 47.2 Å². The molecule has 1 N–H and O–H groups in total. The molecule has 0 radical (unpaired) electrons. The number of benzene rings is 1. The van der Waals surface area contributed by atoms with Crippen molar-refractivity contribution in [3.63, 3.8) is 0 Å². The molecule has 3 aromatic rings. The van der Waals surface area contributed by atoms with E-state index < -0.39 is 0 Å². The molecule has 2 aromatic heterocycles. The zero-order chi connectivity index (χ0) is 17.4. The van der Waals surface area contributed by atoms with Crippen LogP contribution in [0.15, 0.2) is 30.5 Å². The van der Waals surface area contributed by atoms with Crippen molar-refractivity contribution in [3.8, 4) is 0 Å². The zero-order valence-electron chi connectivity index (χ0n) is 14.9. The minimum Gasteiger partial charge on any atom is -0.348 e. The molecule has 5 heteroatoms. The quantitative estimate of drug-likeness (QED) is 0.798. The van der Waals surface area contributed by atoms with Crippen LogP contribution in [0, 0.1) is 13.8 Å². The predicted octanol–water partition coefficient (Wildman–Crippen LogP) is 3.50. The number of nitrogens with zero attached hydrogens (tertiary/aromatic N) is 3. The summed E-state index contributed by atoms with van der Waals surface area (Å²) in [6, 6.07) is 8.26. The highest BCUT2D eigenvalue weighted by Gasteiger charge is 2.15. The highest BCUT2D eigenvalue weighted by molar-refractivity contribution is 6.06. The Morgan fingerprint density at radius 2 is 2.00 bits per heavy atom. The van der Waals surface area contributed by atoms with E-state index in [1.807, 2.05) is 50.0 Å². The van der Waals surface area contributed by atoms with E-state index in [9.17, 15) is 4.79 Å². The molecule has 0 unspecified atom stereocenters. The van der Waals surface area contributed by atoms with Gasteiger partial charge in [0.2, 0.25) is 0 Å². The second-order valence-electron chi connectivity index (χ2n) is 6.51. The van der Waals surface area contributed by atoms with Crippen molar-refractivity contribution >= 4 is 16.8 Å². The molecule has 1 aromatic carbocycles. The summed E-state index contributed by atoms with van der Waals surface area (Å²) in [5.74, 6) is -0.0511. The van der Waals surface area contributed by atoms with Crippen LogP contribution >= 0.6 is 0 Å². The Morgan fingerprint density at radius 1 is 1.25 bits per heavy atom. The smallest absolute Gasteiger partial charge is 0.252 e. The molecule has 0 saturated heterocycles. The normalized spacial score (nSPS) is 11.4. The summed E-state index contributed by atoms with van der Waals surface area (Å²) in [4.78, 5) is 12.7. The number of hydrogen-bond donors (Lipinski definition) is 1. The van der Waals surface area contributed by atoms with E-state index in [0.717, 1.165) is 27.9 Å². The van der Waals surface area contributed by atoms with Crippen LogP contribution in [0.3, 0.4) is 0 Å². The fraction of sp³-hybridized carbons (Fsp3) is 0.368. The third kappa shape index (κ3) is 2.70. The number of nitrogens with one attached hydrogen (secondary N) is 1. The summed E-state index contributed by atoms with van der Waals surface area (Å²) < 4.78 is 4.03. The summed E-state index contributed by atoms with van der Waals surface area (Å²) in [6.07, 6.45) is 2.04. The van der Waals surface area contributed by atoms with Gasteiger partial charge in [-0.15, -0.1) is 0 Å². The molecule has 24 heavy (non-hydrogen) atoms. The highest BCUT2D eigenvalue weighted by atomic mass is 16.1. The first-order valence-corrected chi connectivity index (χ1v) is 8.27. The first-order valence-electron chi connectivity index (χ1n) is 8.27. The Balaban J connectivity index is 1.87. The van der Waals surface area contributed by atoms with E-state index in [4.69, 9.17) is 0 Å². The van der Waals surface area contributed by atoms with Crippen molar-refractivity contribution in [2.75, 3.05) is 0 Å². The summed E-state index contributed by atoms with van der Waals surface area (Å²) in [7, 11) is 1.92. The van der Waals surface area contributed by atoms with Gasteiger partial charge in [0.25, 0.3) is 5.91 Å². The number of hydrogen-bond acceptors (Lipinski definition) is 2. The van der Waals surface area contributed by atoms with Crippen molar-refractivity contribution in [1.82, 2.24) is 19.7 Å². The Kier molecular flexibility index (Phi) is 4.18. The third-order valence-electron chi connectivity index (χ3n) is 4.65. The maximum absolute atomic E-state index is 12.7. The minimum atomic E-state index is -0.0511. The lowest BCUT2D eigenvalue weighted by Gasteiger charge is -2.11. The van der Waals surface area contributed by atoms with Gasteiger partial charge >= 0.3 is 0 Å². The second-order valence-corrected chi connectivity index (χ2v) is 6.51. The average molecular weight is 324 g/mol. The van der Waals surface area contributed by atoms with Crippen molar-refractivity contribution < 1.29 is 4.79 Å². The minimum absolute atomic E-state index is 0.0511. The lowest BCUT2D eigenvalue weighted by Crippen LogP contribution is -2.23. The molecular formula is C19H24N4O. The maximum atomic E-state index is 12.7. The highest BCUT2D eigenvalue weighted by Crippen LogP contribution is 2.23. The molecule has 0 fully saturated rings. The first kappa shape index (κ1) is 16.3. The standard InChI is InChI=1S/C19H24N4O/c1-12(2)23-10-9-15-16(7-6-8-18(15)23)19(24)20-11-17-13(3)21-22(5)14(17)4/h6-10,12H,11H2,1-5H3,(H,20,24). The zero-order valence-corrected chi connectivity index (χ0v) is 14.9. The lowest BCUT2D eigenvalue weighted by molar-refractivity contribution is 0.0952. The van der Waals surface area contributed by atoms with Crippen LogP contribution in [0.4, 0.5) is 0 Å². The Bertz CT molecular complexity index is 902. The molecule has 2 heterocycles. The summed E-state index contributed by atoms with van der Waals surface area (Å²) in [6.45, 7) is 8.76. The Hall–Kier alpha value is -2.56. The van der Waals surface area contributed by atoms with Crippen LogP contribution < -0.4 is 5.32 Å². The van der Waals surface area contributed by atoms with Crippen molar-refractivity contribution in [2.24, 2.45) is 7.05 Å². The number of carbonyl (C=O) groups is 1. The predicted molar refractivity (Wildman–Crippen MR) is 96.2 cm³/mol. The van der Waals surface area contributed by atoms with E-state index in [2.05, 4.69) is 34.9 Å². The summed E-state index contributed by atoms with van der Waals surface area (Å²) in [5, 5.41) is 8.42. The van der Waals surface area contributed by atoms with Crippen LogP contribution in [0.5, 0.6) is 0 Å². The molecule has 126 valence electrons. The molecule has 0 aliphatic rings. The Labute approximate surface area is 142 Å². The van der Waals surface area contributed by atoms with E-state index in [-0.39, 0.29) is 5.91 Å². The van der Waals surface area contributed by atoms with Gasteiger partial charge in [-0.1, -0.05) is 6.07 Å². The van der Waals surface area contributed by atoms with Crippen molar-refractivity contribution in [2.45, 2.75) is 40.3 Å². The molecule has 5 nitrogen and oxygen atoms in total. The van der Waals surface area contributed by atoms with Gasteiger partial charge in [-0.2, -0.15) is 5.10 Å². The van der Waals surface area contributed by atoms with Crippen LogP contribution in [-0.4, -0.2) is 20.3 Å². The lowest BCUT2D eigenvalue weighted by atomic mass is 10.1. The number of aromatic nitrogens is 3. The number of fused-ring (bicyclic) bond motifs is 1. The van der Waals surface area contributed by atoms with Crippen molar-refractivity contribution in [3.05, 3.63) is 53.0 Å². The molecule has 0 aliphatic heterocycles. The van der Waals surface area contributed by atoms with E-state index >= 15 is 0 Å². The number of rotatable bonds is 4.